The Labute approximate surface area is 202 Å². The zero-order valence-electron chi connectivity index (χ0n) is 18.4. The van der Waals surface area contributed by atoms with E-state index in [0.717, 1.165) is 16.7 Å². The molecule has 1 amide bonds. The van der Waals surface area contributed by atoms with Crippen LogP contribution in [-0.2, 0) is 22.9 Å². The van der Waals surface area contributed by atoms with Crippen molar-refractivity contribution in [3.63, 3.8) is 0 Å². The molecule has 0 aliphatic rings. The lowest BCUT2D eigenvalue weighted by Gasteiger charge is -2.13. The zero-order valence-corrected chi connectivity index (χ0v) is 21.5. The Kier molecular flexibility index (Phi) is 11.0. The van der Waals surface area contributed by atoms with Crippen LogP contribution >= 0.6 is 24.0 Å². The maximum atomic E-state index is 12.0. The molecule has 0 aromatic heterocycles. The molecule has 3 N–H and O–H groups in total. The van der Waals surface area contributed by atoms with Crippen LogP contribution in [0.3, 0.4) is 0 Å². The van der Waals surface area contributed by atoms with E-state index in [0.29, 0.717) is 42.6 Å². The number of amides is 1. The third kappa shape index (κ3) is 8.48. The predicted molar refractivity (Wildman–Crippen MR) is 136 cm³/mol. The van der Waals surface area contributed by atoms with Gasteiger partial charge in [-0.25, -0.2) is 13.4 Å². The van der Waals surface area contributed by atoms with Gasteiger partial charge in [-0.2, -0.15) is 0 Å². The van der Waals surface area contributed by atoms with Gasteiger partial charge in [-0.1, -0.05) is 24.3 Å². The molecule has 2 aromatic rings. The van der Waals surface area contributed by atoms with Gasteiger partial charge >= 0.3 is 0 Å². The van der Waals surface area contributed by atoms with E-state index in [4.69, 9.17) is 0 Å². The maximum absolute atomic E-state index is 12.0. The van der Waals surface area contributed by atoms with Crippen molar-refractivity contribution in [3.05, 3.63) is 64.7 Å². The number of carbonyl (C=O) groups is 1. The number of sulfone groups is 1. The number of carbonyl (C=O) groups excluding carboxylic acids is 1. The van der Waals surface area contributed by atoms with Gasteiger partial charge in [-0.15, -0.1) is 24.0 Å². The average Bonchev–Trinajstić information content (AvgIpc) is 2.69. The smallest absolute Gasteiger partial charge is 0.251 e. The number of halogens is 1. The molecule has 31 heavy (non-hydrogen) atoms. The number of nitrogens with one attached hydrogen (secondary N) is 3. The molecule has 0 fully saturated rings. The van der Waals surface area contributed by atoms with Gasteiger partial charge in [0.1, 0.15) is 0 Å². The molecule has 7 nitrogen and oxygen atoms in total. The molecular formula is C22H31IN4O3S. The molecule has 0 unspecified atom stereocenters. The average molecular weight is 558 g/mol. The summed E-state index contributed by atoms with van der Waals surface area (Å²) in [5.41, 5.74) is 3.23. The molecule has 9 heteroatoms. The molecule has 0 heterocycles. The summed E-state index contributed by atoms with van der Waals surface area (Å²) >= 11 is 0. The van der Waals surface area contributed by atoms with E-state index in [2.05, 4.69) is 20.9 Å². The van der Waals surface area contributed by atoms with Gasteiger partial charge in [0, 0.05) is 31.5 Å². The molecule has 0 saturated carbocycles. The molecular weight excluding hydrogens is 527 g/mol. The van der Waals surface area contributed by atoms with Gasteiger partial charge in [0.15, 0.2) is 15.8 Å². The lowest BCUT2D eigenvalue weighted by Crippen LogP contribution is -2.36. The molecule has 2 aromatic carbocycles. The summed E-state index contributed by atoms with van der Waals surface area (Å²) in [6.07, 6.45) is 1.21. The van der Waals surface area contributed by atoms with Crippen LogP contribution in [-0.4, -0.2) is 39.6 Å². The van der Waals surface area contributed by atoms with Gasteiger partial charge < -0.3 is 16.0 Å². The minimum absolute atomic E-state index is 0. The zero-order chi connectivity index (χ0) is 22.1. The summed E-state index contributed by atoms with van der Waals surface area (Å²) in [4.78, 5) is 16.9. The van der Waals surface area contributed by atoms with E-state index in [1.165, 1.54) is 6.26 Å². The third-order valence-electron chi connectivity index (χ3n) is 4.39. The summed E-state index contributed by atoms with van der Waals surface area (Å²) in [7, 11) is -3.23. The highest BCUT2D eigenvalue weighted by molar-refractivity contribution is 14.0. The number of benzene rings is 2. The first-order valence-corrected chi connectivity index (χ1v) is 11.8. The predicted octanol–water partition coefficient (Wildman–Crippen LogP) is 3.02. The second-order valence-electron chi connectivity index (χ2n) is 6.98. The van der Waals surface area contributed by atoms with Crippen molar-refractivity contribution >= 4 is 45.7 Å². The Bertz CT molecular complexity index is 1020. The van der Waals surface area contributed by atoms with Gasteiger partial charge in [0.25, 0.3) is 5.91 Å². The fourth-order valence-electron chi connectivity index (χ4n) is 3.01. The Morgan fingerprint density at radius 3 is 2.29 bits per heavy atom. The molecule has 0 bridgehead atoms. The number of nitrogens with zero attached hydrogens (tertiary/aromatic N) is 1. The maximum Gasteiger partial charge on any atom is 0.251 e. The summed E-state index contributed by atoms with van der Waals surface area (Å²) < 4.78 is 23.5. The number of aryl methyl sites for hydroxylation is 1. The van der Waals surface area contributed by atoms with Crippen molar-refractivity contribution in [2.45, 2.75) is 38.8 Å². The van der Waals surface area contributed by atoms with Crippen LogP contribution in [0.1, 0.15) is 40.9 Å². The quantitative estimate of drug-likeness (QED) is 0.263. The van der Waals surface area contributed by atoms with Crippen LogP contribution in [0.25, 0.3) is 0 Å². The molecule has 170 valence electrons. The number of hydrogen-bond acceptors (Lipinski definition) is 4. The van der Waals surface area contributed by atoms with Gasteiger partial charge in [-0.05, 0) is 55.7 Å². The van der Waals surface area contributed by atoms with E-state index in [9.17, 15) is 13.2 Å². The van der Waals surface area contributed by atoms with Gasteiger partial charge in [0.2, 0.25) is 0 Å². The van der Waals surface area contributed by atoms with Gasteiger partial charge in [-0.3, -0.25) is 4.79 Å². The second kappa shape index (κ2) is 12.7. The summed E-state index contributed by atoms with van der Waals surface area (Å²) in [5, 5.41) is 9.25. The van der Waals surface area contributed by atoms with Crippen LogP contribution in [0.15, 0.2) is 52.4 Å². The van der Waals surface area contributed by atoms with E-state index in [1.807, 2.05) is 38.1 Å². The Hall–Kier alpha value is -2.14. The topological polar surface area (TPSA) is 99.7 Å². The van der Waals surface area contributed by atoms with Gasteiger partial charge in [0.05, 0.1) is 11.4 Å². The van der Waals surface area contributed by atoms with Crippen LogP contribution in [0.4, 0.5) is 0 Å². The standard InChI is InChI=1S/C22H30N4O3S.HI/c1-5-23-21(27)19-9-7-8-17(13-19)14-25-22(24-6-2)26-15-18-10-11-20(16(3)12-18)30(4,28)29;/h7-13H,5-6,14-15H2,1-4H3,(H,23,27)(H2,24,25,26);1H. The van der Waals surface area contributed by atoms with Crippen molar-refractivity contribution in [2.24, 2.45) is 4.99 Å². The number of rotatable bonds is 8. The Morgan fingerprint density at radius 1 is 0.968 bits per heavy atom. The summed E-state index contributed by atoms with van der Waals surface area (Å²) in [6.45, 7) is 7.89. The van der Waals surface area contributed by atoms with E-state index < -0.39 is 9.84 Å². The van der Waals surface area contributed by atoms with Crippen LogP contribution in [0.5, 0.6) is 0 Å². The number of hydrogen-bond donors (Lipinski definition) is 3. The third-order valence-corrected chi connectivity index (χ3v) is 5.65. The number of guanidine groups is 1. The van der Waals surface area contributed by atoms with Crippen molar-refractivity contribution < 1.29 is 13.2 Å². The van der Waals surface area contributed by atoms with Crippen LogP contribution < -0.4 is 16.0 Å². The van der Waals surface area contributed by atoms with Crippen LogP contribution in [0.2, 0.25) is 0 Å². The van der Waals surface area contributed by atoms with E-state index in [1.54, 1.807) is 25.1 Å². The Morgan fingerprint density at radius 2 is 1.68 bits per heavy atom. The molecule has 0 saturated heterocycles. The minimum atomic E-state index is -3.23. The first-order chi connectivity index (χ1) is 14.2. The normalized spacial score (nSPS) is 11.4. The highest BCUT2D eigenvalue weighted by Gasteiger charge is 2.11. The molecule has 0 aliphatic heterocycles. The molecule has 0 aliphatic carbocycles. The second-order valence-corrected chi connectivity index (χ2v) is 8.96. The highest BCUT2D eigenvalue weighted by atomic mass is 127. The lowest BCUT2D eigenvalue weighted by atomic mass is 10.1. The summed E-state index contributed by atoms with van der Waals surface area (Å²) in [5.74, 6) is 0.548. The minimum Gasteiger partial charge on any atom is -0.357 e. The van der Waals surface area contributed by atoms with Crippen LogP contribution in [0, 0.1) is 6.92 Å². The largest absolute Gasteiger partial charge is 0.357 e. The first kappa shape index (κ1) is 26.9. The first-order valence-electron chi connectivity index (χ1n) is 9.93. The van der Waals surface area contributed by atoms with E-state index >= 15 is 0 Å². The molecule has 0 spiro atoms. The monoisotopic (exact) mass is 558 g/mol. The van der Waals surface area contributed by atoms with E-state index in [-0.39, 0.29) is 29.9 Å². The lowest BCUT2D eigenvalue weighted by molar-refractivity contribution is 0.0955. The van der Waals surface area contributed by atoms with Crippen molar-refractivity contribution in [3.8, 4) is 0 Å². The fourth-order valence-corrected chi connectivity index (χ4v) is 3.97. The van der Waals surface area contributed by atoms with Crippen molar-refractivity contribution in [1.82, 2.24) is 16.0 Å². The van der Waals surface area contributed by atoms with Crippen molar-refractivity contribution in [1.29, 1.82) is 0 Å². The van der Waals surface area contributed by atoms with Crippen molar-refractivity contribution in [2.75, 3.05) is 19.3 Å². The molecule has 0 radical (unpaired) electrons. The Balaban J connectivity index is 0.00000480. The highest BCUT2D eigenvalue weighted by Crippen LogP contribution is 2.16. The SMILES string of the molecule is CCNC(=O)c1cccc(CN=C(NCC)NCc2ccc(S(C)(=O)=O)c(C)c2)c1.I. The molecule has 0 atom stereocenters. The molecule has 2 rings (SSSR count). The fraction of sp³-hybridized carbons (Fsp3) is 0.364. The summed E-state index contributed by atoms with van der Waals surface area (Å²) in [6, 6.07) is 12.7. The number of aliphatic imine (C=N–C) groups is 1.